The molecule has 0 radical (unpaired) electrons. The highest BCUT2D eigenvalue weighted by molar-refractivity contribution is 14.1. The third kappa shape index (κ3) is 6.57. The summed E-state index contributed by atoms with van der Waals surface area (Å²) in [4.78, 5) is 2.68. The van der Waals surface area contributed by atoms with Gasteiger partial charge in [-0.1, -0.05) is 66.6 Å². The maximum Gasteiger partial charge on any atom is 0.0573 e. The van der Waals surface area contributed by atoms with E-state index in [1.165, 1.54) is 25.7 Å². The molecular formula is C18H33IN2O. The fourth-order valence-electron chi connectivity index (χ4n) is 3.26. The average Bonchev–Trinajstić information content (AvgIpc) is 2.62. The minimum absolute atomic E-state index is 0.403. The highest BCUT2D eigenvalue weighted by Crippen LogP contribution is 2.24. The second-order valence-electron chi connectivity index (χ2n) is 6.69. The zero-order chi connectivity index (χ0) is 16.5. The quantitative estimate of drug-likeness (QED) is 0.159. The van der Waals surface area contributed by atoms with Crippen LogP contribution in [0.4, 0.5) is 0 Å². The smallest absolute Gasteiger partial charge is 0.0573 e. The Morgan fingerprint density at radius 3 is 2.64 bits per heavy atom. The maximum atomic E-state index is 9.02. The van der Waals surface area contributed by atoms with Crippen molar-refractivity contribution in [1.29, 1.82) is 0 Å². The zero-order valence-electron chi connectivity index (χ0n) is 14.6. The summed E-state index contributed by atoms with van der Waals surface area (Å²) < 4.78 is 0.671. The van der Waals surface area contributed by atoms with Gasteiger partial charge in [-0.2, -0.15) is 0 Å². The molecule has 2 unspecified atom stereocenters. The Morgan fingerprint density at radius 2 is 2.05 bits per heavy atom. The van der Waals surface area contributed by atoms with Gasteiger partial charge < -0.3 is 5.21 Å². The van der Waals surface area contributed by atoms with Crippen molar-refractivity contribution in [2.24, 2.45) is 11.1 Å². The largest absolute Gasteiger partial charge is 0.411 e. The van der Waals surface area contributed by atoms with E-state index in [0.29, 0.717) is 21.9 Å². The van der Waals surface area contributed by atoms with Gasteiger partial charge in [0.05, 0.1) is 5.71 Å². The van der Waals surface area contributed by atoms with Crippen LogP contribution < -0.4 is 0 Å². The summed E-state index contributed by atoms with van der Waals surface area (Å²) in [7, 11) is 0. The number of oxime groups is 1. The monoisotopic (exact) mass is 420 g/mol. The highest BCUT2D eigenvalue weighted by atomic mass is 127. The van der Waals surface area contributed by atoms with Gasteiger partial charge in [-0.25, -0.2) is 0 Å². The van der Waals surface area contributed by atoms with Crippen LogP contribution in [0, 0.1) is 5.92 Å². The number of allylic oxidation sites excluding steroid dienone is 1. The molecule has 1 rings (SSSR count). The number of alkyl halides is 1. The first-order valence-corrected chi connectivity index (χ1v) is 9.99. The third-order valence-electron chi connectivity index (χ3n) is 4.88. The summed E-state index contributed by atoms with van der Waals surface area (Å²) in [6, 6.07) is 1.18. The van der Waals surface area contributed by atoms with E-state index in [2.05, 4.69) is 65.6 Å². The van der Waals surface area contributed by atoms with Gasteiger partial charge in [0.1, 0.15) is 0 Å². The van der Waals surface area contributed by atoms with Crippen molar-refractivity contribution in [3.8, 4) is 0 Å². The molecule has 4 atom stereocenters. The molecule has 1 aliphatic carbocycles. The fraction of sp³-hybridized carbons (Fsp3) is 0.833. The lowest BCUT2D eigenvalue weighted by molar-refractivity contribution is 0.161. The number of nitrogens with zero attached hydrogens (tertiary/aromatic N) is 2. The van der Waals surface area contributed by atoms with E-state index >= 15 is 0 Å². The lowest BCUT2D eigenvalue weighted by Crippen LogP contribution is -2.43. The van der Waals surface area contributed by atoms with E-state index < -0.39 is 0 Å². The summed E-state index contributed by atoms with van der Waals surface area (Å²) in [6.07, 6.45) is 11.8. The van der Waals surface area contributed by atoms with Crippen LogP contribution in [-0.4, -0.2) is 38.4 Å². The summed E-state index contributed by atoms with van der Waals surface area (Å²) in [5.74, 6) is 0.403. The molecule has 0 amide bonds. The molecule has 0 spiro atoms. The molecule has 0 saturated carbocycles. The molecule has 0 bridgehead atoms. The number of hydrogen-bond donors (Lipinski definition) is 1. The SMILES string of the molecule is CC[C@@H](C)N(C[C@H](C)I)C1/C=C\CC(/C(C)=N/O)CCCC1. The molecule has 1 N–H and O–H groups in total. The fourth-order valence-corrected chi connectivity index (χ4v) is 3.72. The molecule has 0 aromatic carbocycles. The standard InChI is InChI=1S/C18H33IN2O/c1-5-15(3)21(13-14(2)19)18-11-7-6-9-17(10-8-12-18)16(4)20-22/h8,12,14-15,17-18,22H,5-7,9-11,13H2,1-4H3/b12-8-,20-16+/t14-,15+,17?,18?/m0/s1. The van der Waals surface area contributed by atoms with Gasteiger partial charge in [0, 0.05) is 28.5 Å². The number of hydrogen-bond acceptors (Lipinski definition) is 3. The third-order valence-corrected chi connectivity index (χ3v) is 5.27. The van der Waals surface area contributed by atoms with Gasteiger partial charge in [-0.05, 0) is 39.5 Å². The first-order valence-electron chi connectivity index (χ1n) is 8.74. The average molecular weight is 420 g/mol. The number of rotatable bonds is 6. The van der Waals surface area contributed by atoms with Gasteiger partial charge in [-0.15, -0.1) is 0 Å². The summed E-state index contributed by atoms with van der Waals surface area (Å²) >= 11 is 2.54. The molecule has 0 heterocycles. The summed E-state index contributed by atoms with van der Waals surface area (Å²) in [5, 5.41) is 12.4. The van der Waals surface area contributed by atoms with Crippen LogP contribution >= 0.6 is 22.6 Å². The van der Waals surface area contributed by atoms with Crippen LogP contribution in [0.15, 0.2) is 17.3 Å². The lowest BCUT2D eigenvalue weighted by Gasteiger charge is -2.35. The topological polar surface area (TPSA) is 35.8 Å². The van der Waals surface area contributed by atoms with Crippen molar-refractivity contribution in [1.82, 2.24) is 4.90 Å². The minimum Gasteiger partial charge on any atom is -0.411 e. The van der Waals surface area contributed by atoms with Crippen molar-refractivity contribution >= 4 is 28.3 Å². The predicted octanol–water partition coefficient (Wildman–Crippen LogP) is 5.27. The van der Waals surface area contributed by atoms with Crippen LogP contribution in [0.2, 0.25) is 0 Å². The Hall–Kier alpha value is -0.100. The van der Waals surface area contributed by atoms with E-state index in [1.807, 2.05) is 6.92 Å². The van der Waals surface area contributed by atoms with Crippen LogP contribution in [0.1, 0.15) is 66.2 Å². The van der Waals surface area contributed by atoms with E-state index in [0.717, 1.165) is 25.1 Å². The van der Waals surface area contributed by atoms with Gasteiger partial charge in [0.25, 0.3) is 0 Å². The molecule has 0 aromatic heterocycles. The zero-order valence-corrected chi connectivity index (χ0v) is 16.8. The Kier molecular flexibility index (Phi) is 9.64. The molecule has 1 aliphatic rings. The van der Waals surface area contributed by atoms with Gasteiger partial charge in [-0.3, -0.25) is 4.90 Å². The summed E-state index contributed by atoms with van der Waals surface area (Å²) in [5.41, 5.74) is 0.878. The molecule has 128 valence electrons. The van der Waals surface area contributed by atoms with Crippen molar-refractivity contribution in [3.63, 3.8) is 0 Å². The second kappa shape index (κ2) is 10.6. The van der Waals surface area contributed by atoms with E-state index in [1.54, 1.807) is 0 Å². The van der Waals surface area contributed by atoms with Crippen LogP contribution in [0.25, 0.3) is 0 Å². The summed E-state index contributed by atoms with van der Waals surface area (Å²) in [6.45, 7) is 10.0. The van der Waals surface area contributed by atoms with E-state index in [-0.39, 0.29) is 0 Å². The Bertz CT molecular complexity index is 368. The normalized spacial score (nSPS) is 28.5. The predicted molar refractivity (Wildman–Crippen MR) is 104 cm³/mol. The first kappa shape index (κ1) is 19.9. The van der Waals surface area contributed by atoms with Crippen molar-refractivity contribution < 1.29 is 5.21 Å². The molecule has 22 heavy (non-hydrogen) atoms. The molecule has 4 heteroatoms. The number of halogens is 1. The van der Waals surface area contributed by atoms with Crippen molar-refractivity contribution in [2.75, 3.05) is 6.54 Å². The Balaban J connectivity index is 2.81. The lowest BCUT2D eigenvalue weighted by atomic mass is 9.94. The van der Waals surface area contributed by atoms with Gasteiger partial charge in [0.2, 0.25) is 0 Å². The van der Waals surface area contributed by atoms with Crippen LogP contribution in [-0.2, 0) is 0 Å². The Morgan fingerprint density at radius 1 is 1.36 bits per heavy atom. The molecule has 0 saturated heterocycles. The van der Waals surface area contributed by atoms with Crippen molar-refractivity contribution in [2.45, 2.75) is 82.2 Å². The highest BCUT2D eigenvalue weighted by Gasteiger charge is 2.23. The molecule has 0 fully saturated rings. The minimum atomic E-state index is 0.403. The maximum absolute atomic E-state index is 9.02. The molecular weight excluding hydrogens is 387 g/mol. The molecule has 3 nitrogen and oxygen atoms in total. The van der Waals surface area contributed by atoms with E-state index in [9.17, 15) is 0 Å². The van der Waals surface area contributed by atoms with Crippen LogP contribution in [0.5, 0.6) is 0 Å². The molecule has 0 aliphatic heterocycles. The first-order chi connectivity index (χ1) is 10.5. The second-order valence-corrected chi connectivity index (χ2v) is 8.82. The molecule has 0 aromatic rings. The van der Waals surface area contributed by atoms with Crippen molar-refractivity contribution in [3.05, 3.63) is 12.2 Å². The van der Waals surface area contributed by atoms with Gasteiger partial charge >= 0.3 is 0 Å². The van der Waals surface area contributed by atoms with Crippen LogP contribution in [0.3, 0.4) is 0 Å². The van der Waals surface area contributed by atoms with E-state index in [4.69, 9.17) is 5.21 Å². The van der Waals surface area contributed by atoms with Gasteiger partial charge in [0.15, 0.2) is 0 Å². The Labute approximate surface area is 150 Å².